The van der Waals surface area contributed by atoms with Crippen molar-refractivity contribution >= 4 is 51.4 Å². The van der Waals surface area contributed by atoms with Crippen LogP contribution in [0.15, 0.2) is 42.6 Å². The normalized spacial score (nSPS) is 10.5. The Morgan fingerprint density at radius 1 is 1.16 bits per heavy atom. The number of carbonyl (C=O) groups is 2. The highest BCUT2D eigenvalue weighted by Crippen LogP contribution is 2.31. The second-order valence-corrected chi connectivity index (χ2v) is 6.83. The van der Waals surface area contributed by atoms with Gasteiger partial charge in [0.05, 0.1) is 21.2 Å². The molecule has 8 heteroatoms. The molecule has 0 radical (unpaired) electrons. The number of rotatable bonds is 4. The highest BCUT2D eigenvalue weighted by molar-refractivity contribution is 7.18. The molecule has 1 N–H and O–H groups in total. The third-order valence-electron chi connectivity index (χ3n) is 3.27. The second-order valence-electron chi connectivity index (χ2n) is 5.07. The Hall–Kier alpha value is -2.28. The van der Waals surface area contributed by atoms with E-state index in [0.717, 1.165) is 16.9 Å². The van der Waals surface area contributed by atoms with Crippen molar-refractivity contribution in [2.75, 3.05) is 5.32 Å². The number of nitrogens with zero attached hydrogens (tertiary/aromatic N) is 2. The van der Waals surface area contributed by atoms with Crippen molar-refractivity contribution in [3.8, 4) is 11.3 Å². The summed E-state index contributed by atoms with van der Waals surface area (Å²) in [6.07, 6.45) is 1.32. The number of anilines is 1. The number of amides is 1. The van der Waals surface area contributed by atoms with Gasteiger partial charge >= 0.3 is 0 Å². The number of carbonyl (C=O) groups excluding carboxylic acids is 2. The monoisotopic (exact) mass is 391 g/mol. The van der Waals surface area contributed by atoms with Crippen molar-refractivity contribution in [1.82, 2.24) is 9.97 Å². The summed E-state index contributed by atoms with van der Waals surface area (Å²) in [6.45, 7) is 1.47. The van der Waals surface area contributed by atoms with Crippen LogP contribution >= 0.6 is 34.5 Å². The molecule has 1 aromatic carbocycles. The van der Waals surface area contributed by atoms with Crippen LogP contribution in [0.1, 0.15) is 27.0 Å². The number of aromatic nitrogens is 2. The van der Waals surface area contributed by atoms with Gasteiger partial charge in [0, 0.05) is 18.7 Å². The molecule has 3 aromatic rings. The molecule has 0 atom stereocenters. The van der Waals surface area contributed by atoms with Gasteiger partial charge in [-0.3, -0.25) is 14.9 Å². The van der Waals surface area contributed by atoms with Crippen LogP contribution in [-0.4, -0.2) is 21.7 Å². The molecule has 126 valence electrons. The fourth-order valence-electron chi connectivity index (χ4n) is 2.12. The Bertz CT molecular complexity index is 958. The maximum absolute atomic E-state index is 12.3. The molecule has 0 fully saturated rings. The number of thiazole rings is 1. The number of benzene rings is 1. The number of hydrogen-bond acceptors (Lipinski definition) is 5. The summed E-state index contributed by atoms with van der Waals surface area (Å²) < 4.78 is 0. The maximum atomic E-state index is 12.3. The van der Waals surface area contributed by atoms with Crippen LogP contribution in [0.3, 0.4) is 0 Å². The van der Waals surface area contributed by atoms with Gasteiger partial charge in [-0.1, -0.05) is 64.9 Å². The summed E-state index contributed by atoms with van der Waals surface area (Å²) in [4.78, 5) is 33.0. The molecular formula is C17H11Cl2N3O2S. The van der Waals surface area contributed by atoms with E-state index in [4.69, 9.17) is 23.2 Å². The summed E-state index contributed by atoms with van der Waals surface area (Å²) in [5, 5.41) is 3.29. The molecule has 2 aromatic heterocycles. The average Bonchev–Trinajstić information content (AvgIpc) is 3.02. The molecule has 25 heavy (non-hydrogen) atoms. The third-order valence-corrected chi connectivity index (χ3v) is 5.03. The molecule has 0 bridgehead atoms. The molecule has 0 aliphatic heterocycles. The van der Waals surface area contributed by atoms with Gasteiger partial charge in [0.1, 0.15) is 5.15 Å². The lowest BCUT2D eigenvalue weighted by molar-refractivity contribution is 0.101. The Kier molecular flexibility index (Phi) is 5.13. The van der Waals surface area contributed by atoms with Crippen LogP contribution in [-0.2, 0) is 0 Å². The van der Waals surface area contributed by atoms with Crippen LogP contribution < -0.4 is 5.32 Å². The molecule has 5 nitrogen and oxygen atoms in total. The van der Waals surface area contributed by atoms with Gasteiger partial charge in [-0.25, -0.2) is 9.97 Å². The van der Waals surface area contributed by atoms with Gasteiger partial charge in [-0.2, -0.15) is 0 Å². The molecule has 2 heterocycles. The predicted molar refractivity (Wildman–Crippen MR) is 99.8 cm³/mol. The number of hydrogen-bond donors (Lipinski definition) is 1. The number of ketones is 1. The Balaban J connectivity index is 1.91. The van der Waals surface area contributed by atoms with Gasteiger partial charge in [-0.05, 0) is 6.07 Å². The highest BCUT2D eigenvalue weighted by atomic mass is 35.5. The zero-order valence-electron chi connectivity index (χ0n) is 12.9. The topological polar surface area (TPSA) is 72.0 Å². The number of nitrogens with one attached hydrogen (secondary N) is 1. The Morgan fingerprint density at radius 3 is 2.52 bits per heavy atom. The minimum Gasteiger partial charge on any atom is -0.298 e. The van der Waals surface area contributed by atoms with E-state index in [1.807, 2.05) is 30.3 Å². The summed E-state index contributed by atoms with van der Waals surface area (Å²) in [5.74, 6) is -0.553. The van der Waals surface area contributed by atoms with Crippen molar-refractivity contribution < 1.29 is 9.59 Å². The zero-order chi connectivity index (χ0) is 18.0. The number of halogens is 2. The fourth-order valence-corrected chi connectivity index (χ4v) is 3.27. The molecule has 3 rings (SSSR count). The second kappa shape index (κ2) is 7.31. The molecule has 0 saturated heterocycles. The minimum absolute atomic E-state index is 0.118. The van der Waals surface area contributed by atoms with E-state index in [-0.39, 0.29) is 21.5 Å². The lowest BCUT2D eigenvalue weighted by atomic mass is 10.1. The zero-order valence-corrected chi connectivity index (χ0v) is 15.2. The molecule has 0 spiro atoms. The van der Waals surface area contributed by atoms with Crippen LogP contribution in [0.25, 0.3) is 11.3 Å². The molecule has 0 aliphatic rings. The van der Waals surface area contributed by atoms with Gasteiger partial charge < -0.3 is 0 Å². The summed E-state index contributed by atoms with van der Waals surface area (Å²) in [5.41, 5.74) is 1.59. The largest absolute Gasteiger partial charge is 0.298 e. The van der Waals surface area contributed by atoms with Crippen LogP contribution in [0.5, 0.6) is 0 Å². The Labute approximate surface area is 157 Å². The van der Waals surface area contributed by atoms with Crippen LogP contribution in [0, 0.1) is 0 Å². The molecule has 0 aliphatic carbocycles. The van der Waals surface area contributed by atoms with Gasteiger partial charge in [0.2, 0.25) is 0 Å². The third kappa shape index (κ3) is 3.87. The minimum atomic E-state index is -0.436. The lowest BCUT2D eigenvalue weighted by Gasteiger charge is -2.02. The highest BCUT2D eigenvalue weighted by Gasteiger charge is 2.18. The molecule has 0 saturated carbocycles. The van der Waals surface area contributed by atoms with E-state index in [1.54, 1.807) is 0 Å². The maximum Gasteiger partial charge on any atom is 0.259 e. The van der Waals surface area contributed by atoms with E-state index in [1.165, 1.54) is 19.2 Å². The summed E-state index contributed by atoms with van der Waals surface area (Å²) in [7, 11) is 0. The number of pyridine rings is 1. The average molecular weight is 392 g/mol. The van der Waals surface area contributed by atoms with Gasteiger partial charge in [0.25, 0.3) is 5.91 Å². The standard InChI is InChI=1S/C17H11Cl2N3O2S/c1-9(23)14-13(10-5-3-2-4-6-10)21-17(25-14)22-16(24)11-7-12(18)15(19)20-8-11/h2-8H,1H3,(H,21,22,24). The quantitative estimate of drug-likeness (QED) is 0.503. The van der Waals surface area contributed by atoms with Crippen molar-refractivity contribution in [1.29, 1.82) is 0 Å². The van der Waals surface area contributed by atoms with E-state index in [9.17, 15) is 9.59 Å². The van der Waals surface area contributed by atoms with Gasteiger partial charge in [0.15, 0.2) is 10.9 Å². The van der Waals surface area contributed by atoms with Crippen molar-refractivity contribution in [2.24, 2.45) is 0 Å². The van der Waals surface area contributed by atoms with E-state index in [0.29, 0.717) is 15.7 Å². The van der Waals surface area contributed by atoms with E-state index in [2.05, 4.69) is 15.3 Å². The van der Waals surface area contributed by atoms with Crippen LogP contribution in [0.2, 0.25) is 10.2 Å². The van der Waals surface area contributed by atoms with E-state index >= 15 is 0 Å². The molecule has 1 amide bonds. The summed E-state index contributed by atoms with van der Waals surface area (Å²) >= 11 is 12.8. The van der Waals surface area contributed by atoms with Crippen LogP contribution in [0.4, 0.5) is 5.13 Å². The molecular weight excluding hydrogens is 381 g/mol. The van der Waals surface area contributed by atoms with Crippen molar-refractivity contribution in [2.45, 2.75) is 6.92 Å². The number of Topliss-reactive ketones (excluding diaryl/α,β-unsaturated/α-hetero) is 1. The van der Waals surface area contributed by atoms with Crippen molar-refractivity contribution in [3.63, 3.8) is 0 Å². The SMILES string of the molecule is CC(=O)c1sc(NC(=O)c2cnc(Cl)c(Cl)c2)nc1-c1ccccc1. The van der Waals surface area contributed by atoms with Gasteiger partial charge in [-0.15, -0.1) is 0 Å². The molecule has 0 unspecified atom stereocenters. The van der Waals surface area contributed by atoms with Crippen molar-refractivity contribution in [3.05, 3.63) is 63.2 Å². The summed E-state index contributed by atoms with van der Waals surface area (Å²) in [6, 6.07) is 10.7. The Morgan fingerprint density at radius 2 is 1.88 bits per heavy atom. The predicted octanol–water partition coefficient (Wildman–Crippen LogP) is 4.97. The first kappa shape index (κ1) is 17.5. The smallest absolute Gasteiger partial charge is 0.259 e. The van der Waals surface area contributed by atoms with E-state index < -0.39 is 5.91 Å². The first-order chi connectivity index (χ1) is 12.0. The first-order valence-electron chi connectivity index (χ1n) is 7.15. The first-order valence-corrected chi connectivity index (χ1v) is 8.72. The fraction of sp³-hybridized carbons (Fsp3) is 0.0588. The lowest BCUT2D eigenvalue weighted by Crippen LogP contribution is -2.12.